The lowest BCUT2D eigenvalue weighted by Gasteiger charge is -2.48. The summed E-state index contributed by atoms with van der Waals surface area (Å²) in [6.45, 7) is 0. The van der Waals surface area contributed by atoms with Crippen LogP contribution in [0.2, 0.25) is 0 Å². The van der Waals surface area contributed by atoms with Gasteiger partial charge in [-0.1, -0.05) is 109 Å². The van der Waals surface area contributed by atoms with Gasteiger partial charge in [-0.3, -0.25) is 0 Å². The van der Waals surface area contributed by atoms with Crippen LogP contribution in [0, 0.1) is 0 Å². The number of fused-ring (bicyclic) bond motifs is 1. The van der Waals surface area contributed by atoms with E-state index in [0.717, 1.165) is 33.4 Å². The van der Waals surface area contributed by atoms with Crippen LogP contribution in [-0.2, 0) is 0 Å². The summed E-state index contributed by atoms with van der Waals surface area (Å²) in [4.78, 5) is 0. The maximum Gasteiger partial charge on any atom is 0.124 e. The van der Waals surface area contributed by atoms with Gasteiger partial charge in [0.05, 0.1) is 0 Å². The predicted octanol–water partition coefficient (Wildman–Crippen LogP) is 7.36. The van der Waals surface area contributed by atoms with Crippen molar-refractivity contribution in [2.75, 3.05) is 0 Å². The van der Waals surface area contributed by atoms with Crippen molar-refractivity contribution in [3.8, 4) is 11.5 Å². The van der Waals surface area contributed by atoms with Gasteiger partial charge in [0, 0.05) is 45.9 Å². The van der Waals surface area contributed by atoms with E-state index >= 15 is 0 Å². The van der Waals surface area contributed by atoms with Crippen LogP contribution in [0.25, 0.3) is 0 Å². The number of benzene rings is 5. The van der Waals surface area contributed by atoms with Gasteiger partial charge in [0.15, 0.2) is 0 Å². The molecule has 5 aromatic carbocycles. The first-order valence-electron chi connectivity index (χ1n) is 12.6. The third-order valence-electron chi connectivity index (χ3n) is 8.69. The van der Waals surface area contributed by atoms with Gasteiger partial charge in [0.2, 0.25) is 0 Å². The summed E-state index contributed by atoms with van der Waals surface area (Å²) in [7, 11) is 0. The molecule has 2 nitrogen and oxygen atoms in total. The van der Waals surface area contributed by atoms with Crippen LogP contribution in [0.5, 0.6) is 11.5 Å². The molecule has 0 saturated heterocycles. The van der Waals surface area contributed by atoms with E-state index in [0.29, 0.717) is 11.5 Å². The van der Waals surface area contributed by atoms with Crippen molar-refractivity contribution in [2.24, 2.45) is 0 Å². The molecule has 9 rings (SSSR count). The molecule has 172 valence electrons. The average Bonchev–Trinajstić information content (AvgIpc) is 2.92. The minimum Gasteiger partial charge on any atom is -0.507 e. The maximum atomic E-state index is 12.1. The summed E-state index contributed by atoms with van der Waals surface area (Å²) in [5, 5.41) is 24.1. The molecule has 0 fully saturated rings. The Balaban J connectivity index is 1.45. The topological polar surface area (TPSA) is 40.5 Å². The number of rotatable bonds is 2. The third kappa shape index (κ3) is 2.37. The van der Waals surface area contributed by atoms with E-state index < -0.39 is 0 Å². The van der Waals surface area contributed by atoms with E-state index in [2.05, 4.69) is 97.1 Å². The number of phenolic OH excluding ortho intramolecular Hbond substituents is 2. The van der Waals surface area contributed by atoms with Gasteiger partial charge in [-0.25, -0.2) is 0 Å². The average molecular weight is 465 g/mol. The van der Waals surface area contributed by atoms with Crippen LogP contribution in [0.4, 0.5) is 0 Å². The van der Waals surface area contributed by atoms with Gasteiger partial charge in [-0.15, -0.1) is 0 Å². The van der Waals surface area contributed by atoms with Gasteiger partial charge in [0.25, 0.3) is 0 Å². The summed E-state index contributed by atoms with van der Waals surface area (Å²) in [6, 6.07) is 37.9. The Labute approximate surface area is 210 Å². The van der Waals surface area contributed by atoms with Crippen LogP contribution in [0.15, 0.2) is 109 Å². The van der Waals surface area contributed by atoms with Gasteiger partial charge in [-0.05, 0) is 33.4 Å². The lowest BCUT2D eigenvalue weighted by atomic mass is 9.55. The number of hydrogen-bond acceptors (Lipinski definition) is 2. The van der Waals surface area contributed by atoms with Crippen molar-refractivity contribution in [1.29, 1.82) is 0 Å². The molecule has 5 aromatic rings. The minimum absolute atomic E-state index is 0.00857. The summed E-state index contributed by atoms with van der Waals surface area (Å²) in [5.74, 6) is 0.536. The molecule has 4 aliphatic rings. The van der Waals surface area contributed by atoms with Crippen molar-refractivity contribution in [3.05, 3.63) is 165 Å². The fraction of sp³-hybridized carbons (Fsp3) is 0.118. The molecule has 0 saturated carbocycles. The van der Waals surface area contributed by atoms with Crippen molar-refractivity contribution in [1.82, 2.24) is 0 Å². The smallest absolute Gasteiger partial charge is 0.124 e. The third-order valence-corrected chi connectivity index (χ3v) is 8.69. The fourth-order valence-electron chi connectivity index (χ4n) is 7.32. The van der Waals surface area contributed by atoms with Gasteiger partial charge < -0.3 is 10.2 Å². The Hall–Kier alpha value is -4.30. The first-order chi connectivity index (χ1) is 17.8. The molecule has 2 atom stereocenters. The monoisotopic (exact) mass is 464 g/mol. The lowest BCUT2D eigenvalue weighted by molar-refractivity contribution is 0.400. The van der Waals surface area contributed by atoms with E-state index in [9.17, 15) is 10.2 Å². The van der Waals surface area contributed by atoms with E-state index in [-0.39, 0.29) is 23.7 Å². The minimum atomic E-state index is -0.0826. The summed E-state index contributed by atoms with van der Waals surface area (Å²) < 4.78 is 0. The highest BCUT2D eigenvalue weighted by molar-refractivity contribution is 5.79. The van der Waals surface area contributed by atoms with Gasteiger partial charge in [-0.2, -0.15) is 0 Å². The molecule has 2 heteroatoms. The van der Waals surface area contributed by atoms with Gasteiger partial charge in [0.1, 0.15) is 11.5 Å². The second-order valence-electron chi connectivity index (χ2n) is 10.3. The highest BCUT2D eigenvalue weighted by atomic mass is 16.3. The second-order valence-corrected chi connectivity index (χ2v) is 10.3. The van der Waals surface area contributed by atoms with Gasteiger partial charge >= 0.3 is 0 Å². The molecule has 0 radical (unpaired) electrons. The quantitative estimate of drug-likeness (QED) is 0.262. The highest BCUT2D eigenvalue weighted by Gasteiger charge is 2.51. The van der Waals surface area contributed by atoms with Crippen LogP contribution in [-0.4, -0.2) is 10.2 Å². The van der Waals surface area contributed by atoms with E-state index in [1.807, 2.05) is 12.1 Å². The molecule has 2 bridgehead atoms. The highest BCUT2D eigenvalue weighted by Crippen LogP contribution is 2.68. The molecule has 0 spiro atoms. The first-order valence-corrected chi connectivity index (χ1v) is 12.6. The van der Waals surface area contributed by atoms with Crippen molar-refractivity contribution in [3.63, 3.8) is 0 Å². The number of aromatic hydroxyl groups is 2. The number of hydrogen-bond donors (Lipinski definition) is 2. The van der Waals surface area contributed by atoms with E-state index in [1.165, 1.54) is 22.3 Å². The predicted molar refractivity (Wildman–Crippen MR) is 141 cm³/mol. The largest absolute Gasteiger partial charge is 0.507 e. The van der Waals surface area contributed by atoms with Crippen LogP contribution < -0.4 is 0 Å². The van der Waals surface area contributed by atoms with Crippen LogP contribution >= 0.6 is 0 Å². The Bertz CT molecular complexity index is 1500. The molecule has 0 amide bonds. The molecule has 2 N–H and O–H groups in total. The maximum absolute atomic E-state index is 12.1. The first kappa shape index (κ1) is 19.9. The zero-order valence-corrected chi connectivity index (χ0v) is 19.6. The van der Waals surface area contributed by atoms with E-state index in [4.69, 9.17) is 0 Å². The SMILES string of the molecule is Oc1c2c(c(O)c3c1C(c1ccccc1)C3c1ccccc1)C1c3ccccc3C2c2ccccc21. The molecule has 36 heavy (non-hydrogen) atoms. The Morgan fingerprint density at radius 1 is 0.361 bits per heavy atom. The molecular weight excluding hydrogens is 440 g/mol. The molecule has 0 heterocycles. The number of phenols is 2. The zero-order chi connectivity index (χ0) is 24.0. The van der Waals surface area contributed by atoms with E-state index in [1.54, 1.807) is 0 Å². The van der Waals surface area contributed by atoms with Crippen molar-refractivity contribution < 1.29 is 10.2 Å². The molecular formula is C34H24O2. The van der Waals surface area contributed by atoms with Crippen molar-refractivity contribution >= 4 is 0 Å². The molecule has 0 aromatic heterocycles. The van der Waals surface area contributed by atoms with Crippen molar-refractivity contribution in [2.45, 2.75) is 23.7 Å². The standard InChI is InChI=1S/C34H24O2/c35-33-29-25(19-11-3-1-4-12-19)26(20-13-5-2-6-14-20)30(29)34(36)32-28-23-17-9-7-15-21(23)27(31(32)33)22-16-8-10-18-24(22)28/h1-18,25-28,35-36H. The van der Waals surface area contributed by atoms with Crippen LogP contribution in [0.1, 0.15) is 79.3 Å². The Morgan fingerprint density at radius 2 is 0.667 bits per heavy atom. The molecule has 0 aliphatic heterocycles. The second kappa shape index (κ2) is 7.11. The Morgan fingerprint density at radius 3 is 1.00 bits per heavy atom. The summed E-state index contributed by atoms with van der Waals surface area (Å²) in [6.07, 6.45) is 0. The lowest BCUT2D eigenvalue weighted by Crippen LogP contribution is -2.33. The van der Waals surface area contributed by atoms with Crippen LogP contribution in [0.3, 0.4) is 0 Å². The summed E-state index contributed by atoms with van der Waals surface area (Å²) >= 11 is 0. The Kier molecular flexibility index (Phi) is 3.94. The fourth-order valence-corrected chi connectivity index (χ4v) is 7.32. The normalized spacial score (nSPS) is 22.1. The molecule has 2 unspecified atom stereocenters. The molecule has 4 aliphatic carbocycles. The summed E-state index contributed by atoms with van der Waals surface area (Å²) in [5.41, 5.74) is 10.8. The zero-order valence-electron chi connectivity index (χ0n) is 19.6.